The predicted molar refractivity (Wildman–Crippen MR) is 71.2 cm³/mol. The summed E-state index contributed by atoms with van der Waals surface area (Å²) in [7, 11) is -1.24. The highest BCUT2D eigenvalue weighted by Gasteiger charge is 2.07. The summed E-state index contributed by atoms with van der Waals surface area (Å²) in [6.07, 6.45) is 2.13. The second kappa shape index (κ2) is 5.00. The van der Waals surface area contributed by atoms with Gasteiger partial charge >= 0.3 is 0 Å². The van der Waals surface area contributed by atoms with Crippen LogP contribution in [-0.4, -0.2) is 8.07 Å². The van der Waals surface area contributed by atoms with Gasteiger partial charge in [-0.2, -0.15) is 0 Å². The predicted octanol–water partition coefficient (Wildman–Crippen LogP) is 3.97. The molecule has 0 saturated heterocycles. The van der Waals surface area contributed by atoms with E-state index in [1.54, 1.807) is 0 Å². The summed E-state index contributed by atoms with van der Waals surface area (Å²) in [6.45, 7) is 8.85. The Hall–Kier alpha value is -1.26. The standard InChI is InChI=1S/C14H18Si/c1-13(10-11-15(2,3)4)12-14-8-6-5-7-9-14/h5-9,12H,1-4H3/b13-12-. The monoisotopic (exact) mass is 214 g/mol. The van der Waals surface area contributed by atoms with E-state index in [-0.39, 0.29) is 0 Å². The first-order valence-corrected chi connectivity index (χ1v) is 8.74. The summed E-state index contributed by atoms with van der Waals surface area (Å²) in [5, 5.41) is 0. The van der Waals surface area contributed by atoms with E-state index in [9.17, 15) is 0 Å². The molecule has 0 aliphatic rings. The molecule has 0 N–H and O–H groups in total. The summed E-state index contributed by atoms with van der Waals surface area (Å²) in [5.74, 6) is 3.24. The van der Waals surface area contributed by atoms with E-state index in [2.05, 4.69) is 56.2 Å². The molecular formula is C14H18Si. The number of hydrogen-bond acceptors (Lipinski definition) is 0. The Morgan fingerprint density at radius 3 is 2.27 bits per heavy atom. The molecule has 1 aromatic rings. The summed E-state index contributed by atoms with van der Waals surface area (Å²) < 4.78 is 0. The van der Waals surface area contributed by atoms with Gasteiger partial charge in [-0.15, -0.1) is 5.54 Å². The lowest BCUT2D eigenvalue weighted by molar-refractivity contribution is 1.58. The molecule has 0 aliphatic heterocycles. The molecule has 1 rings (SSSR count). The van der Waals surface area contributed by atoms with Crippen molar-refractivity contribution < 1.29 is 0 Å². The van der Waals surface area contributed by atoms with Crippen LogP contribution in [0.1, 0.15) is 12.5 Å². The zero-order valence-corrected chi connectivity index (χ0v) is 11.0. The van der Waals surface area contributed by atoms with E-state index < -0.39 is 8.07 Å². The van der Waals surface area contributed by atoms with Crippen molar-refractivity contribution in [2.75, 3.05) is 0 Å². The zero-order valence-electron chi connectivity index (χ0n) is 9.96. The summed E-state index contributed by atoms with van der Waals surface area (Å²) in [4.78, 5) is 0. The van der Waals surface area contributed by atoms with Gasteiger partial charge in [0.1, 0.15) is 8.07 Å². The van der Waals surface area contributed by atoms with Crippen LogP contribution in [0.2, 0.25) is 19.6 Å². The third-order valence-corrected chi connectivity index (χ3v) is 2.69. The van der Waals surface area contributed by atoms with E-state index >= 15 is 0 Å². The van der Waals surface area contributed by atoms with E-state index in [1.165, 1.54) is 5.56 Å². The van der Waals surface area contributed by atoms with Crippen LogP contribution < -0.4 is 0 Å². The van der Waals surface area contributed by atoms with Crippen molar-refractivity contribution in [3.8, 4) is 11.5 Å². The Morgan fingerprint density at radius 2 is 1.73 bits per heavy atom. The Labute approximate surface area is 94.0 Å². The number of hydrogen-bond donors (Lipinski definition) is 0. The van der Waals surface area contributed by atoms with Gasteiger partial charge in [0.2, 0.25) is 0 Å². The molecule has 0 spiro atoms. The first-order valence-electron chi connectivity index (χ1n) is 5.24. The number of benzene rings is 1. The van der Waals surface area contributed by atoms with Crippen molar-refractivity contribution in [3.05, 3.63) is 41.5 Å². The maximum Gasteiger partial charge on any atom is 0.129 e. The average Bonchev–Trinajstić information content (AvgIpc) is 2.15. The van der Waals surface area contributed by atoms with E-state index in [0.717, 1.165) is 5.57 Å². The minimum atomic E-state index is -1.24. The van der Waals surface area contributed by atoms with Gasteiger partial charge in [0.05, 0.1) is 0 Å². The molecule has 0 heterocycles. The van der Waals surface area contributed by atoms with Gasteiger partial charge in [0.15, 0.2) is 0 Å². The SMILES string of the molecule is C/C(C#C[Si](C)(C)C)=C/c1ccccc1. The Kier molecular flexibility index (Phi) is 3.93. The van der Waals surface area contributed by atoms with Gasteiger partial charge in [-0.3, -0.25) is 0 Å². The molecule has 0 aliphatic carbocycles. The van der Waals surface area contributed by atoms with Crippen molar-refractivity contribution in [2.45, 2.75) is 26.6 Å². The van der Waals surface area contributed by atoms with Crippen LogP contribution in [0.15, 0.2) is 35.9 Å². The van der Waals surface area contributed by atoms with Crippen LogP contribution >= 0.6 is 0 Å². The van der Waals surface area contributed by atoms with Crippen LogP contribution in [0, 0.1) is 11.5 Å². The summed E-state index contributed by atoms with van der Waals surface area (Å²) in [6, 6.07) is 10.3. The Morgan fingerprint density at radius 1 is 1.13 bits per heavy atom. The molecule has 0 saturated carbocycles. The molecule has 1 heteroatoms. The fourth-order valence-corrected chi connectivity index (χ4v) is 1.69. The third-order valence-electron chi connectivity index (χ3n) is 1.82. The molecule has 0 amide bonds. The number of rotatable bonds is 1. The molecule has 0 aromatic heterocycles. The van der Waals surface area contributed by atoms with Crippen molar-refractivity contribution in [1.82, 2.24) is 0 Å². The highest BCUT2D eigenvalue weighted by Crippen LogP contribution is 2.05. The molecule has 0 radical (unpaired) electrons. The topological polar surface area (TPSA) is 0 Å². The Bertz CT molecular complexity index is 396. The van der Waals surface area contributed by atoms with E-state index in [4.69, 9.17) is 0 Å². The fraction of sp³-hybridized carbons (Fsp3) is 0.286. The van der Waals surface area contributed by atoms with Crippen molar-refractivity contribution in [1.29, 1.82) is 0 Å². The lowest BCUT2D eigenvalue weighted by Crippen LogP contribution is -2.16. The second-order valence-electron chi connectivity index (χ2n) is 4.74. The first-order chi connectivity index (χ1) is 6.97. The van der Waals surface area contributed by atoms with Crippen LogP contribution in [0.4, 0.5) is 0 Å². The summed E-state index contributed by atoms with van der Waals surface area (Å²) in [5.41, 5.74) is 5.73. The third kappa shape index (κ3) is 5.24. The molecule has 0 fully saturated rings. The zero-order chi connectivity index (χ0) is 11.3. The van der Waals surface area contributed by atoms with Gasteiger partial charge in [-0.25, -0.2) is 0 Å². The fourth-order valence-electron chi connectivity index (χ4n) is 1.12. The largest absolute Gasteiger partial charge is 0.129 e. The minimum absolute atomic E-state index is 1.14. The lowest BCUT2D eigenvalue weighted by atomic mass is 10.1. The maximum atomic E-state index is 3.36. The quantitative estimate of drug-likeness (QED) is 0.490. The molecule has 1 aromatic carbocycles. The van der Waals surface area contributed by atoms with Gasteiger partial charge in [-0.05, 0) is 24.1 Å². The van der Waals surface area contributed by atoms with E-state index in [1.807, 2.05) is 18.2 Å². The second-order valence-corrected chi connectivity index (χ2v) is 9.49. The molecular weight excluding hydrogens is 196 g/mol. The average molecular weight is 214 g/mol. The van der Waals surface area contributed by atoms with Crippen molar-refractivity contribution in [3.63, 3.8) is 0 Å². The summed E-state index contributed by atoms with van der Waals surface area (Å²) >= 11 is 0. The first kappa shape index (κ1) is 11.8. The van der Waals surface area contributed by atoms with Gasteiger partial charge in [0.25, 0.3) is 0 Å². The van der Waals surface area contributed by atoms with Crippen molar-refractivity contribution >= 4 is 14.1 Å². The molecule has 0 nitrogen and oxygen atoms in total. The molecule has 78 valence electrons. The van der Waals surface area contributed by atoms with E-state index in [0.29, 0.717) is 0 Å². The van der Waals surface area contributed by atoms with Gasteiger partial charge in [-0.1, -0.05) is 55.9 Å². The van der Waals surface area contributed by atoms with Crippen molar-refractivity contribution in [2.24, 2.45) is 0 Å². The molecule has 0 atom stereocenters. The van der Waals surface area contributed by atoms with Gasteiger partial charge < -0.3 is 0 Å². The number of allylic oxidation sites excluding steroid dienone is 1. The molecule has 15 heavy (non-hydrogen) atoms. The Balaban J connectivity index is 2.81. The normalized spacial score (nSPS) is 11.9. The lowest BCUT2D eigenvalue weighted by Gasteiger charge is -2.03. The van der Waals surface area contributed by atoms with Crippen LogP contribution in [0.25, 0.3) is 6.08 Å². The molecule has 0 unspecified atom stereocenters. The van der Waals surface area contributed by atoms with Crippen LogP contribution in [0.5, 0.6) is 0 Å². The van der Waals surface area contributed by atoms with Crippen LogP contribution in [0.3, 0.4) is 0 Å². The highest BCUT2D eigenvalue weighted by atomic mass is 28.3. The van der Waals surface area contributed by atoms with Gasteiger partial charge in [0, 0.05) is 0 Å². The highest BCUT2D eigenvalue weighted by molar-refractivity contribution is 6.83. The smallest absolute Gasteiger partial charge is 0.127 e. The maximum absolute atomic E-state index is 3.36. The minimum Gasteiger partial charge on any atom is -0.127 e. The molecule has 0 bridgehead atoms. The van der Waals surface area contributed by atoms with Crippen LogP contribution in [-0.2, 0) is 0 Å².